The third-order valence-corrected chi connectivity index (χ3v) is 11.1. The fourth-order valence-corrected chi connectivity index (χ4v) is 8.19. The van der Waals surface area contributed by atoms with Crippen LogP contribution in [0.4, 0.5) is 0 Å². The minimum Gasteiger partial charge on any atom is -0.490 e. The molecule has 6 nitrogen and oxygen atoms in total. The molecule has 1 saturated heterocycles. The normalized spacial score (nSPS) is 20.5. The fourth-order valence-electron chi connectivity index (χ4n) is 6.17. The highest BCUT2D eigenvalue weighted by molar-refractivity contribution is 7.12. The van der Waals surface area contributed by atoms with Gasteiger partial charge in [0.05, 0.1) is 42.7 Å². The van der Waals surface area contributed by atoms with E-state index in [1.165, 1.54) is 0 Å². The number of piperidine rings is 1. The minimum atomic E-state index is -0.665. The number of nitrogens with one attached hydrogen (secondary N) is 1. The van der Waals surface area contributed by atoms with Crippen LogP contribution in [-0.2, 0) is 17.8 Å². The molecule has 11 heteroatoms. The number of ether oxygens (including phenoxy) is 1. The highest BCUT2D eigenvalue weighted by Crippen LogP contribution is 2.41. The number of aliphatic hydroxyl groups excluding tert-OH is 1. The Kier molecular flexibility index (Phi) is 10.1. The number of benzene rings is 2. The van der Waals surface area contributed by atoms with Crippen molar-refractivity contribution in [3.63, 3.8) is 0 Å². The number of hydrogen-bond acceptors (Lipinski definition) is 6. The van der Waals surface area contributed by atoms with Gasteiger partial charge in [0.15, 0.2) is 5.75 Å². The van der Waals surface area contributed by atoms with Crippen molar-refractivity contribution >= 4 is 69.2 Å². The molecule has 2 bridgehead atoms. The van der Waals surface area contributed by atoms with Gasteiger partial charge in [0, 0.05) is 42.9 Å². The van der Waals surface area contributed by atoms with Crippen LogP contribution in [0.1, 0.15) is 79.0 Å². The Labute approximate surface area is 282 Å². The standard InChI is InChI=1S/C33H35Cl4N3O3S/c1-18(41)20-13-25(35)32(26(36)14-20)43-12-4-9-29-38-16-28(44-29)23-15-21-6-3-8-27(39-21)30(23)33(42)40(22-10-11-22)17-19-5-2-7-24(34)31(19)37/h2,5,7,13-14,16,18,21-22,27,39,41H,3-4,6,8-12,15,17H2,1H3/t18-,21-,27+/m0/s1. The summed E-state index contributed by atoms with van der Waals surface area (Å²) in [5.74, 6) is 0.515. The van der Waals surface area contributed by atoms with Gasteiger partial charge < -0.3 is 20.1 Å². The number of fused-ring (bicyclic) bond motifs is 2. The first-order chi connectivity index (χ1) is 21.2. The highest BCUT2D eigenvalue weighted by atomic mass is 35.5. The number of nitrogens with zero attached hydrogens (tertiary/aromatic N) is 2. The van der Waals surface area contributed by atoms with Crippen LogP contribution in [0.5, 0.6) is 5.75 Å². The quantitative estimate of drug-likeness (QED) is 0.197. The molecule has 3 heterocycles. The molecule has 0 radical (unpaired) electrons. The molecule has 1 amide bonds. The lowest BCUT2D eigenvalue weighted by Crippen LogP contribution is -2.51. The van der Waals surface area contributed by atoms with Gasteiger partial charge in [-0.3, -0.25) is 4.79 Å². The van der Waals surface area contributed by atoms with E-state index >= 15 is 0 Å². The summed E-state index contributed by atoms with van der Waals surface area (Å²) >= 11 is 27.3. The zero-order chi connectivity index (χ0) is 31.0. The minimum absolute atomic E-state index is 0.0368. The number of aromatic nitrogens is 1. The van der Waals surface area contributed by atoms with Crippen molar-refractivity contribution in [2.45, 2.75) is 89.1 Å². The van der Waals surface area contributed by atoms with Gasteiger partial charge in [-0.05, 0) is 86.8 Å². The summed E-state index contributed by atoms with van der Waals surface area (Å²) in [5.41, 5.74) is 3.53. The average molecular weight is 696 g/mol. The van der Waals surface area contributed by atoms with E-state index in [0.717, 1.165) is 78.0 Å². The Hall–Kier alpha value is -1.84. The van der Waals surface area contributed by atoms with Crippen LogP contribution in [0.15, 0.2) is 42.1 Å². The molecule has 2 aromatic carbocycles. The fraction of sp³-hybridized carbons (Fsp3) is 0.455. The molecule has 3 aliphatic rings. The van der Waals surface area contributed by atoms with E-state index < -0.39 is 6.10 Å². The smallest absolute Gasteiger partial charge is 0.252 e. The first kappa shape index (κ1) is 32.1. The third-order valence-electron chi connectivity index (χ3n) is 8.59. The van der Waals surface area contributed by atoms with Gasteiger partial charge in [-0.1, -0.05) is 58.5 Å². The van der Waals surface area contributed by atoms with Gasteiger partial charge in [-0.2, -0.15) is 0 Å². The van der Waals surface area contributed by atoms with Crippen LogP contribution in [0.3, 0.4) is 0 Å². The zero-order valence-electron chi connectivity index (χ0n) is 24.4. The van der Waals surface area contributed by atoms with Gasteiger partial charge in [0.25, 0.3) is 5.91 Å². The second-order valence-corrected chi connectivity index (χ2v) is 14.6. The number of carbonyl (C=O) groups is 1. The van der Waals surface area contributed by atoms with E-state index in [4.69, 9.17) is 56.1 Å². The van der Waals surface area contributed by atoms with E-state index in [-0.39, 0.29) is 18.0 Å². The van der Waals surface area contributed by atoms with Crippen LogP contribution in [0.2, 0.25) is 20.1 Å². The van der Waals surface area contributed by atoms with Gasteiger partial charge in [-0.15, -0.1) is 11.3 Å². The molecule has 2 aliphatic heterocycles. The van der Waals surface area contributed by atoms with E-state index in [2.05, 4.69) is 5.32 Å². The molecule has 234 valence electrons. The topological polar surface area (TPSA) is 74.7 Å². The first-order valence-corrected chi connectivity index (χ1v) is 17.5. The monoisotopic (exact) mass is 693 g/mol. The Balaban J connectivity index is 1.19. The average Bonchev–Trinajstić information content (AvgIpc) is 3.73. The van der Waals surface area contributed by atoms with Crippen molar-refractivity contribution in [2.75, 3.05) is 6.61 Å². The van der Waals surface area contributed by atoms with Gasteiger partial charge in [0.1, 0.15) is 0 Å². The van der Waals surface area contributed by atoms with Crippen LogP contribution in [-0.4, -0.2) is 45.6 Å². The number of hydrogen-bond donors (Lipinski definition) is 2. The summed E-state index contributed by atoms with van der Waals surface area (Å²) in [6.45, 7) is 2.53. The molecule has 0 spiro atoms. The third kappa shape index (κ3) is 7.10. The number of rotatable bonds is 11. The van der Waals surface area contributed by atoms with E-state index in [0.29, 0.717) is 50.6 Å². The predicted octanol–water partition coefficient (Wildman–Crippen LogP) is 8.68. The molecule has 1 saturated carbocycles. The number of amides is 1. The molecule has 6 rings (SSSR count). The highest BCUT2D eigenvalue weighted by Gasteiger charge is 2.41. The number of carbonyl (C=O) groups excluding carboxylic acids is 1. The number of aryl methyl sites for hydroxylation is 1. The van der Waals surface area contributed by atoms with Gasteiger partial charge >= 0.3 is 0 Å². The summed E-state index contributed by atoms with van der Waals surface area (Å²) in [7, 11) is 0. The van der Waals surface area contributed by atoms with Crippen molar-refractivity contribution in [3.8, 4) is 5.75 Å². The Bertz CT molecular complexity index is 1550. The lowest BCUT2D eigenvalue weighted by atomic mass is 9.81. The van der Waals surface area contributed by atoms with Crippen molar-refractivity contribution in [2.24, 2.45) is 0 Å². The summed E-state index contributed by atoms with van der Waals surface area (Å²) in [4.78, 5) is 22.2. The molecular weight excluding hydrogens is 660 g/mol. The molecule has 3 atom stereocenters. The van der Waals surface area contributed by atoms with E-state index in [1.807, 2.05) is 23.2 Å². The Morgan fingerprint density at radius 3 is 2.64 bits per heavy atom. The number of thiazole rings is 1. The molecule has 1 aliphatic carbocycles. The zero-order valence-corrected chi connectivity index (χ0v) is 28.3. The maximum atomic E-state index is 14.4. The summed E-state index contributed by atoms with van der Waals surface area (Å²) < 4.78 is 5.91. The maximum absolute atomic E-state index is 14.4. The van der Waals surface area contributed by atoms with Crippen molar-refractivity contribution in [1.29, 1.82) is 0 Å². The SMILES string of the molecule is C[C@H](O)c1cc(Cl)c(OCCCc2ncc(C3=C(C(=O)N(Cc4cccc(Cl)c4Cl)C4CC4)[C@H]4CCC[C@@H](C3)N4)s2)c(Cl)c1. The lowest BCUT2D eigenvalue weighted by Gasteiger charge is -2.40. The predicted molar refractivity (Wildman–Crippen MR) is 179 cm³/mol. The van der Waals surface area contributed by atoms with Crippen molar-refractivity contribution in [1.82, 2.24) is 15.2 Å². The van der Waals surface area contributed by atoms with Crippen molar-refractivity contribution in [3.05, 3.63) is 83.2 Å². The Morgan fingerprint density at radius 2 is 1.91 bits per heavy atom. The summed E-state index contributed by atoms with van der Waals surface area (Å²) in [6, 6.07) is 9.59. The number of aliphatic hydroxyl groups is 1. The molecule has 3 aromatic rings. The lowest BCUT2D eigenvalue weighted by molar-refractivity contribution is -0.128. The maximum Gasteiger partial charge on any atom is 0.252 e. The molecule has 2 N–H and O–H groups in total. The van der Waals surface area contributed by atoms with Crippen LogP contribution < -0.4 is 10.1 Å². The summed E-state index contributed by atoms with van der Waals surface area (Å²) in [6.07, 6.45) is 8.71. The second kappa shape index (κ2) is 13.9. The number of halogens is 4. The summed E-state index contributed by atoms with van der Waals surface area (Å²) in [5, 5.41) is 16.3. The van der Waals surface area contributed by atoms with E-state index in [1.54, 1.807) is 36.5 Å². The first-order valence-electron chi connectivity index (χ1n) is 15.2. The molecule has 2 fully saturated rings. The Morgan fingerprint density at radius 1 is 1.14 bits per heavy atom. The van der Waals surface area contributed by atoms with Crippen LogP contribution in [0.25, 0.3) is 5.57 Å². The van der Waals surface area contributed by atoms with E-state index in [9.17, 15) is 9.90 Å². The molecule has 1 aromatic heterocycles. The second-order valence-electron chi connectivity index (χ2n) is 11.9. The van der Waals surface area contributed by atoms with Crippen LogP contribution >= 0.6 is 57.7 Å². The largest absolute Gasteiger partial charge is 0.490 e. The van der Waals surface area contributed by atoms with Gasteiger partial charge in [-0.25, -0.2) is 4.98 Å². The molecule has 0 unspecified atom stereocenters. The molecule has 44 heavy (non-hydrogen) atoms. The van der Waals surface area contributed by atoms with Crippen molar-refractivity contribution < 1.29 is 14.6 Å². The molecular formula is C33H35Cl4N3O3S. The van der Waals surface area contributed by atoms with Crippen LogP contribution in [0, 0.1) is 0 Å². The van der Waals surface area contributed by atoms with Gasteiger partial charge in [0.2, 0.25) is 0 Å².